The number of piperazine rings is 1. The van der Waals surface area contributed by atoms with Crippen LogP contribution in [-0.2, 0) is 105 Å². The van der Waals surface area contributed by atoms with Crippen molar-refractivity contribution in [2.24, 2.45) is 5.73 Å². The molecule has 0 aliphatic carbocycles. The number of aliphatic hydroxyl groups is 4. The molecular formula is C79H111FFeN22O29. The molecule has 11 atom stereocenters. The normalized spacial score (nSPS) is 18.3. The number of nitrogens with two attached hydrogens (primary N) is 1. The summed E-state index contributed by atoms with van der Waals surface area (Å²) in [6.07, 6.45) is -5.25. The van der Waals surface area contributed by atoms with Gasteiger partial charge in [0.1, 0.15) is 76.8 Å². The number of aromatic hydroxyl groups is 1. The van der Waals surface area contributed by atoms with E-state index in [1.165, 1.54) is 39.6 Å². The molecule has 0 saturated carbocycles. The molecule has 0 radical (unpaired) electrons. The number of rotatable bonds is 43. The van der Waals surface area contributed by atoms with Crippen LogP contribution < -0.4 is 100 Å². The third-order valence-electron chi connectivity index (χ3n) is 21.2. The first kappa shape index (κ1) is 107. The molecule has 7 rings (SSSR count). The van der Waals surface area contributed by atoms with Gasteiger partial charge in [0.2, 0.25) is 90.0 Å². The number of benzene rings is 2. The molecule has 25 N–H and O–H groups in total. The number of hydroxylamine groups is 4. The molecule has 2 saturated heterocycles. The number of aryl methyl sites for hydroxylation is 1. The van der Waals surface area contributed by atoms with Crippen LogP contribution in [0.25, 0.3) is 17.0 Å². The molecule has 1 aromatic heterocycles. The van der Waals surface area contributed by atoms with Gasteiger partial charge in [0.25, 0.3) is 11.7 Å². The van der Waals surface area contributed by atoms with E-state index in [1.807, 2.05) is 0 Å². The molecule has 4 aliphatic rings. The number of carboxylic acid groups (broad SMARTS) is 1. The summed E-state index contributed by atoms with van der Waals surface area (Å²) in [6.45, 7) is 0.0981. The summed E-state index contributed by atoms with van der Waals surface area (Å²) in [6, 6.07) is -11.2. The summed E-state index contributed by atoms with van der Waals surface area (Å²) < 4.78 is 27.0. The minimum atomic E-state index is -2.02. The van der Waals surface area contributed by atoms with Gasteiger partial charge in [-0.05, 0) is 96.8 Å². The van der Waals surface area contributed by atoms with Crippen molar-refractivity contribution in [1.29, 1.82) is 5.41 Å². The van der Waals surface area contributed by atoms with Gasteiger partial charge in [-0.2, -0.15) is 0 Å². The molecule has 2 fully saturated rings. The van der Waals surface area contributed by atoms with Crippen molar-refractivity contribution in [2.75, 3.05) is 102 Å². The van der Waals surface area contributed by atoms with Gasteiger partial charge < -0.3 is 134 Å². The predicted molar refractivity (Wildman–Crippen MR) is 448 cm³/mol. The Morgan fingerprint density at radius 3 is 1.89 bits per heavy atom. The average Bonchev–Trinajstić information content (AvgIpc) is 0.743. The number of esters is 1. The quantitative estimate of drug-likeness (QED) is 0.00288. The number of phenols is 1. The molecule has 2 aromatic carbocycles. The number of amidine groups is 1. The second kappa shape index (κ2) is 52.4. The number of pyridine rings is 1. The number of hydrogen-bond acceptors (Lipinski definition) is 31. The van der Waals surface area contributed by atoms with Crippen molar-refractivity contribution < 1.29 is 164 Å². The number of ether oxygens (including phenoxy) is 2. The maximum atomic E-state index is 15.4. The fourth-order valence-corrected chi connectivity index (χ4v) is 14.2. The number of aromatic carboxylic acids is 1. The summed E-state index contributed by atoms with van der Waals surface area (Å²) in [5.41, 5.74) is 4.61. The van der Waals surface area contributed by atoms with Gasteiger partial charge in [-0.3, -0.25) is 97.5 Å². The number of guanidine groups is 1. The van der Waals surface area contributed by atoms with E-state index in [1.54, 1.807) is 11.8 Å². The molecule has 0 spiro atoms. The zero-order valence-corrected chi connectivity index (χ0v) is 73.2. The maximum absolute atomic E-state index is 15.4. The Kier molecular flexibility index (Phi) is 42.6. The van der Waals surface area contributed by atoms with Crippen LogP contribution in [0, 0.1) is 11.2 Å². The second-order valence-corrected chi connectivity index (χ2v) is 30.7. The molecule has 132 heavy (non-hydrogen) atoms. The molecule has 0 unspecified atom stereocenters. The molecule has 53 heteroatoms. The minimum absolute atomic E-state index is 0. The van der Waals surface area contributed by atoms with Crippen LogP contribution in [0.15, 0.2) is 41.0 Å². The Bertz CT molecular complexity index is 4820. The van der Waals surface area contributed by atoms with Crippen LogP contribution in [0.2, 0.25) is 0 Å². The number of carbonyl (C=O) groups excluding carboxylic acids is 16. The van der Waals surface area contributed by atoms with Crippen LogP contribution in [0.3, 0.4) is 0 Å². The van der Waals surface area contributed by atoms with Crippen molar-refractivity contribution >= 4 is 142 Å². The first-order valence-corrected chi connectivity index (χ1v) is 41.9. The number of carboxylic acids is 1. The number of hydrogen-bond donors (Lipinski definition) is 24. The maximum Gasteiger partial charge on any atom is 0.412 e. The van der Waals surface area contributed by atoms with E-state index in [0.29, 0.717) is 5.52 Å². The SMILES string of the molecule is CCn1cc(C(=O)O)c(=O)c2cc(F)c(N3CCN(C(=O)OCOC(=O)CCC(=O)NCCNC(=O)CCC(=O)NC4=Cc5cc([O-])c(O)cc5N5C4=[NH+]CC[C@H]5C(=O)N[C@H](CO)C(=O)N[C@@H](CCCNC(=N)N)C(=O)N[C@H](CO)C(=O)N[C@@H](CCCN(O)C=O)C(=O)N[C@H]4CCCCNC(=O)[C@H]([C@@H](C)O)NC(=O)[C@H]([C@@H](C)O)NC(=O)[C@H](CCCN(O)C=O)NC4=O)CC3)cc21.[Fe]. The van der Waals surface area contributed by atoms with Crippen molar-refractivity contribution in [3.05, 3.63) is 63.3 Å². The molecule has 726 valence electrons. The molecule has 51 nitrogen and oxygen atoms in total. The van der Waals surface area contributed by atoms with E-state index in [0.717, 1.165) is 25.1 Å². The van der Waals surface area contributed by atoms with Crippen LogP contribution >= 0.6 is 0 Å². The number of halogens is 1. The van der Waals surface area contributed by atoms with Gasteiger partial charge in [0, 0.05) is 138 Å². The number of nitrogens with zero attached hydrogens (tertiary/aromatic N) is 6. The van der Waals surface area contributed by atoms with Crippen LogP contribution in [-0.4, -0.2) is 333 Å². The van der Waals surface area contributed by atoms with Gasteiger partial charge >= 0.3 is 18.0 Å². The fraction of sp³-hybridized carbons (Fsp3) is 0.544. The number of nitrogens with one attached hydrogen (secondary N) is 15. The van der Waals surface area contributed by atoms with Crippen molar-refractivity contribution in [3.63, 3.8) is 0 Å². The zero-order chi connectivity index (χ0) is 96.5. The van der Waals surface area contributed by atoms with Crippen LogP contribution in [0.4, 0.5) is 20.6 Å². The Morgan fingerprint density at radius 2 is 1.28 bits per heavy atom. The fourth-order valence-electron chi connectivity index (χ4n) is 14.2. The van der Waals surface area contributed by atoms with E-state index in [9.17, 15) is 132 Å². The second-order valence-electron chi connectivity index (χ2n) is 30.7. The largest absolute Gasteiger partial charge is 0.870 e. The van der Waals surface area contributed by atoms with Gasteiger partial charge in [-0.15, -0.1) is 0 Å². The Labute approximate surface area is 762 Å². The summed E-state index contributed by atoms with van der Waals surface area (Å²) in [7, 11) is 0. The zero-order valence-electron chi connectivity index (χ0n) is 72.1. The Hall–Kier alpha value is -13.5. The molecule has 5 heterocycles. The third kappa shape index (κ3) is 31.4. The number of carbonyl (C=O) groups is 17. The summed E-state index contributed by atoms with van der Waals surface area (Å²) in [4.78, 5) is 246. The smallest absolute Gasteiger partial charge is 0.412 e. The van der Waals surface area contributed by atoms with E-state index < -0.39 is 249 Å². The van der Waals surface area contributed by atoms with Crippen LogP contribution in [0.1, 0.15) is 127 Å². The molecule has 0 bridgehead atoms. The monoisotopic (exact) mass is 1910 g/mol. The van der Waals surface area contributed by atoms with Gasteiger partial charge in [0.15, 0.2) is 12.0 Å². The standard InChI is InChI=1S/C79H111FN22O29.Fe/c1-4-97-35-45(77(125)126)66(115)44-32-46(80)57(33-56(44)97)98-26-28-99(29-27-98)79(127)131-40-130-63(114)17-16-61(112)84-23-22-83-60(111)14-15-62(113)88-51-30-43-31-58(109)59(110)34-55(43)102-54(18-21-85-67(51)102)74(122)94-53(37-104)73(121)91-48(11-7-20-87-78(81)82)70(118)93-52(36-103)72(120)92-49(12-8-24-100(128)38-105)69(117)89-47-10-5-6-19-86-75(123)64(41(2)107)96-76(124)65(42(3)108)95-71(119)50(90-68(47)116)13-9-25-101(129)39-106;/h30-35,38-39,41-42,47-50,52-54,64-65,103-104,107-110,128-129H,4-29,36-37,40H2,1-3H3,(H,83,111)(H,84,112)(H,86,123)(H,88,113)(H,89,117)(H,90,116)(H,91,121)(H,92,120)(H,93,118)(H,94,122)(H,95,119)(H,96,124)(H,125,126)(H4,81,82,87);/t41-,42-,47+,48+,49+,50+,52-,53-,54+,64+,65+;/m1./s1. The number of amides is 15. The first-order chi connectivity index (χ1) is 62.3. The van der Waals surface area contributed by atoms with Gasteiger partial charge in [-0.25, -0.2) is 29.0 Å². The van der Waals surface area contributed by atoms with E-state index in [4.69, 9.17) is 20.6 Å². The predicted octanol–water partition coefficient (Wildman–Crippen LogP) is -10.1. The summed E-state index contributed by atoms with van der Waals surface area (Å²) in [5.74, 6) is -17.5. The van der Waals surface area contributed by atoms with Crippen molar-refractivity contribution in [2.45, 2.75) is 184 Å². The van der Waals surface area contributed by atoms with Crippen LogP contribution in [0.5, 0.6) is 11.5 Å². The molecule has 4 aliphatic heterocycles. The van der Waals surface area contributed by atoms with Gasteiger partial charge in [0.05, 0.1) is 49.6 Å². The first-order valence-electron chi connectivity index (χ1n) is 41.9. The van der Waals surface area contributed by atoms with Crippen molar-refractivity contribution in [3.8, 4) is 11.5 Å². The topological polar surface area (TPSA) is 752 Å². The number of aliphatic hydroxyl groups excluding tert-OH is 4. The third-order valence-corrected chi connectivity index (χ3v) is 21.2. The summed E-state index contributed by atoms with van der Waals surface area (Å²) in [5, 5.41) is 135. The summed E-state index contributed by atoms with van der Waals surface area (Å²) >= 11 is 0. The Balaban J connectivity index is 0.0000268. The minimum Gasteiger partial charge on any atom is -0.870 e. The molecule has 15 amide bonds. The van der Waals surface area contributed by atoms with Crippen molar-refractivity contribution in [1.82, 2.24) is 88.7 Å². The number of anilines is 2. The number of phenolic OH excluding ortho intramolecular Hbond substituents is 1. The van der Waals surface area contributed by atoms with E-state index >= 15 is 4.39 Å². The van der Waals surface area contributed by atoms with E-state index in [-0.39, 0.29) is 204 Å². The number of fused-ring (bicyclic) bond motifs is 4. The Morgan fingerprint density at radius 1 is 0.697 bits per heavy atom. The van der Waals surface area contributed by atoms with E-state index in [2.05, 4.69) is 74.1 Å². The molecule has 3 aromatic rings. The average molecular weight is 1910 g/mol. The molecular weight excluding hydrogens is 1800 g/mol. The number of aromatic nitrogens is 1. The van der Waals surface area contributed by atoms with Gasteiger partial charge in [-0.1, -0.05) is 11.8 Å².